The minimum atomic E-state index is -1.43. The fraction of sp³-hybridized carbons (Fsp3) is 0.833. The van der Waals surface area contributed by atoms with Crippen LogP contribution in [-0.4, -0.2) is 17.4 Å². The van der Waals surface area contributed by atoms with Crippen LogP contribution in [0.4, 0.5) is 4.39 Å². The number of aliphatic hydroxyl groups is 1. The van der Waals surface area contributed by atoms with E-state index in [0.29, 0.717) is 0 Å². The molecule has 0 aromatic carbocycles. The molecule has 9 heavy (non-hydrogen) atoms. The van der Waals surface area contributed by atoms with Crippen LogP contribution in [0.2, 0.25) is 0 Å². The molecule has 0 spiro atoms. The van der Waals surface area contributed by atoms with E-state index in [-0.39, 0.29) is 18.8 Å². The smallest absolute Gasteiger partial charge is 0.136 e. The molecule has 0 bridgehead atoms. The largest absolute Gasteiger partial charge is 0.393 e. The molecule has 0 radical (unpaired) electrons. The lowest BCUT2D eigenvalue weighted by molar-refractivity contribution is -0.0213. The highest BCUT2D eigenvalue weighted by atomic mass is 19.1. The number of hydrogen-bond acceptors (Lipinski definition) is 2. The van der Waals surface area contributed by atoms with Crippen molar-refractivity contribution in [2.45, 2.75) is 18.5 Å². The van der Waals surface area contributed by atoms with Crippen molar-refractivity contribution in [3.05, 3.63) is 0 Å². The van der Waals surface area contributed by atoms with E-state index in [9.17, 15) is 4.39 Å². The number of alkyl halides is 1. The quantitative estimate of drug-likeness (QED) is 0.564. The fourth-order valence-electron chi connectivity index (χ4n) is 1.04. The normalized spacial score (nSPS) is 41.2. The average molecular weight is 129 g/mol. The predicted molar refractivity (Wildman–Crippen MR) is 29.3 cm³/mol. The van der Waals surface area contributed by atoms with Crippen molar-refractivity contribution in [1.82, 2.24) is 0 Å². The minimum Gasteiger partial charge on any atom is -0.393 e. The monoisotopic (exact) mass is 129 g/mol. The van der Waals surface area contributed by atoms with E-state index in [4.69, 9.17) is 10.4 Å². The van der Waals surface area contributed by atoms with E-state index in [2.05, 4.69) is 0 Å². The van der Waals surface area contributed by atoms with Gasteiger partial charge in [0, 0.05) is 0 Å². The van der Waals surface area contributed by atoms with Crippen molar-refractivity contribution in [3.63, 3.8) is 0 Å². The van der Waals surface area contributed by atoms with Gasteiger partial charge in [-0.25, -0.2) is 4.39 Å². The number of halogens is 1. The summed E-state index contributed by atoms with van der Waals surface area (Å²) in [5.74, 6) is -0.165. The Morgan fingerprint density at radius 1 is 1.78 bits per heavy atom. The van der Waals surface area contributed by atoms with Crippen LogP contribution in [0.5, 0.6) is 0 Å². The Bertz CT molecular complexity index is 146. The molecule has 1 aliphatic rings. The van der Waals surface area contributed by atoms with Gasteiger partial charge in [-0.1, -0.05) is 0 Å². The average Bonchev–Trinajstić information content (AvgIpc) is 1.81. The molecular formula is C6H8FNO. The summed E-state index contributed by atoms with van der Waals surface area (Å²) in [4.78, 5) is 0. The zero-order valence-electron chi connectivity index (χ0n) is 4.97. The molecule has 1 saturated carbocycles. The summed E-state index contributed by atoms with van der Waals surface area (Å²) in [5.41, 5.74) is -1.43. The van der Waals surface area contributed by atoms with Crippen molar-refractivity contribution in [1.29, 1.82) is 5.26 Å². The maximum absolute atomic E-state index is 12.7. The predicted octanol–water partition coefficient (Wildman–Crippen LogP) is 0.621. The molecule has 0 unspecified atom stereocenters. The molecule has 1 fully saturated rings. The molecule has 0 aromatic heterocycles. The second-order valence-corrected chi connectivity index (χ2v) is 2.54. The van der Waals surface area contributed by atoms with E-state index in [0.717, 1.165) is 0 Å². The van der Waals surface area contributed by atoms with Crippen LogP contribution >= 0.6 is 0 Å². The minimum absolute atomic E-state index is 0.165. The first-order valence-corrected chi connectivity index (χ1v) is 2.89. The van der Waals surface area contributed by atoms with E-state index >= 15 is 0 Å². The van der Waals surface area contributed by atoms with Gasteiger partial charge in [0.1, 0.15) is 5.67 Å². The number of aliphatic hydroxyl groups excluding tert-OH is 1. The zero-order chi connectivity index (χ0) is 6.91. The zero-order valence-corrected chi connectivity index (χ0v) is 4.97. The SMILES string of the molecule is N#CC1CC(F)(CO)C1. The Labute approximate surface area is 52.9 Å². The van der Waals surface area contributed by atoms with Crippen LogP contribution < -0.4 is 0 Å². The second kappa shape index (κ2) is 1.96. The topological polar surface area (TPSA) is 44.0 Å². The molecule has 0 heterocycles. The van der Waals surface area contributed by atoms with Gasteiger partial charge in [-0.3, -0.25) is 0 Å². The van der Waals surface area contributed by atoms with Crippen molar-refractivity contribution in [3.8, 4) is 6.07 Å². The molecule has 2 nitrogen and oxygen atoms in total. The molecule has 0 aliphatic heterocycles. The van der Waals surface area contributed by atoms with Gasteiger partial charge < -0.3 is 5.11 Å². The van der Waals surface area contributed by atoms with Gasteiger partial charge in [0.15, 0.2) is 0 Å². The van der Waals surface area contributed by atoms with Crippen LogP contribution in [0, 0.1) is 17.2 Å². The highest BCUT2D eigenvalue weighted by molar-refractivity contribution is 5.03. The fourth-order valence-corrected chi connectivity index (χ4v) is 1.04. The molecular weight excluding hydrogens is 121 g/mol. The number of rotatable bonds is 1. The highest BCUT2D eigenvalue weighted by Crippen LogP contribution is 2.40. The standard InChI is InChI=1S/C6H8FNO/c7-6(4-9)1-5(2-6)3-8/h5,9H,1-2,4H2. The lowest BCUT2D eigenvalue weighted by Crippen LogP contribution is -2.42. The molecule has 1 N–H and O–H groups in total. The Hall–Kier alpha value is -0.620. The van der Waals surface area contributed by atoms with Crippen molar-refractivity contribution in [2.24, 2.45) is 5.92 Å². The summed E-state index contributed by atoms with van der Waals surface area (Å²) < 4.78 is 12.7. The van der Waals surface area contributed by atoms with Gasteiger partial charge in [0.2, 0.25) is 0 Å². The first-order valence-electron chi connectivity index (χ1n) is 2.89. The molecule has 0 amide bonds. The summed E-state index contributed by atoms with van der Waals surface area (Å²) in [6, 6.07) is 1.94. The van der Waals surface area contributed by atoms with Gasteiger partial charge in [0.05, 0.1) is 18.6 Å². The molecule has 0 saturated heterocycles. The van der Waals surface area contributed by atoms with Gasteiger partial charge in [-0.15, -0.1) is 0 Å². The summed E-state index contributed by atoms with van der Waals surface area (Å²) in [5, 5.41) is 16.6. The van der Waals surface area contributed by atoms with Gasteiger partial charge in [-0.05, 0) is 12.8 Å². The van der Waals surface area contributed by atoms with Gasteiger partial charge >= 0.3 is 0 Å². The Kier molecular flexibility index (Phi) is 1.42. The second-order valence-electron chi connectivity index (χ2n) is 2.54. The molecule has 3 heteroatoms. The lowest BCUT2D eigenvalue weighted by Gasteiger charge is -2.35. The summed E-state index contributed by atoms with van der Waals surface area (Å²) >= 11 is 0. The molecule has 0 aromatic rings. The van der Waals surface area contributed by atoms with Crippen LogP contribution in [-0.2, 0) is 0 Å². The summed E-state index contributed by atoms with van der Waals surface area (Å²) in [6.07, 6.45) is 0.417. The third kappa shape index (κ3) is 1.03. The van der Waals surface area contributed by atoms with E-state index in [1.165, 1.54) is 0 Å². The summed E-state index contributed by atoms with van der Waals surface area (Å²) in [7, 11) is 0. The molecule has 1 aliphatic carbocycles. The maximum Gasteiger partial charge on any atom is 0.136 e. The summed E-state index contributed by atoms with van der Waals surface area (Å²) in [6.45, 7) is -0.439. The lowest BCUT2D eigenvalue weighted by atomic mass is 9.74. The third-order valence-corrected chi connectivity index (χ3v) is 1.69. The number of nitrogens with zero attached hydrogens (tertiary/aromatic N) is 1. The van der Waals surface area contributed by atoms with Crippen LogP contribution in [0.25, 0.3) is 0 Å². The third-order valence-electron chi connectivity index (χ3n) is 1.69. The van der Waals surface area contributed by atoms with Crippen molar-refractivity contribution >= 4 is 0 Å². The molecule has 0 atom stereocenters. The first-order chi connectivity index (χ1) is 4.20. The maximum atomic E-state index is 12.7. The van der Waals surface area contributed by atoms with Crippen LogP contribution in [0.15, 0.2) is 0 Å². The highest BCUT2D eigenvalue weighted by Gasteiger charge is 2.44. The van der Waals surface area contributed by atoms with Crippen molar-refractivity contribution < 1.29 is 9.50 Å². The van der Waals surface area contributed by atoms with Crippen molar-refractivity contribution in [2.75, 3.05) is 6.61 Å². The van der Waals surface area contributed by atoms with E-state index in [1.54, 1.807) is 0 Å². The number of hydrogen-bond donors (Lipinski definition) is 1. The van der Waals surface area contributed by atoms with Gasteiger partial charge in [-0.2, -0.15) is 5.26 Å². The number of nitriles is 1. The first kappa shape index (κ1) is 6.50. The van der Waals surface area contributed by atoms with Crippen LogP contribution in [0.1, 0.15) is 12.8 Å². The Morgan fingerprint density at radius 3 is 2.67 bits per heavy atom. The molecule has 50 valence electrons. The van der Waals surface area contributed by atoms with Crippen LogP contribution in [0.3, 0.4) is 0 Å². The Balaban J connectivity index is 2.34. The van der Waals surface area contributed by atoms with E-state index < -0.39 is 12.3 Å². The van der Waals surface area contributed by atoms with Gasteiger partial charge in [0.25, 0.3) is 0 Å². The Morgan fingerprint density at radius 2 is 2.33 bits per heavy atom. The molecule has 1 rings (SSSR count). The van der Waals surface area contributed by atoms with E-state index in [1.807, 2.05) is 6.07 Å².